The summed E-state index contributed by atoms with van der Waals surface area (Å²) in [6.45, 7) is 13.2. The zero-order chi connectivity index (χ0) is 28.1. The smallest absolute Gasteiger partial charge is 0.241 e. The summed E-state index contributed by atoms with van der Waals surface area (Å²) in [7, 11) is 0. The maximum atomic E-state index is 13.5. The Morgan fingerprint density at radius 1 is 1.00 bits per heavy atom. The molecule has 0 heterocycles. The van der Waals surface area contributed by atoms with Gasteiger partial charge in [-0.15, -0.1) is 0 Å². The fraction of sp³-hybridized carbons (Fsp3) is 0.533. The number of rotatable bonds is 15. The summed E-state index contributed by atoms with van der Waals surface area (Å²) < 4.78 is 17.4. The van der Waals surface area contributed by atoms with Gasteiger partial charge in [0.25, 0.3) is 0 Å². The Kier molecular flexibility index (Phi) is 12.7. The fourth-order valence-corrected chi connectivity index (χ4v) is 3.89. The Morgan fingerprint density at radius 3 is 2.24 bits per heavy atom. The van der Waals surface area contributed by atoms with Crippen LogP contribution >= 0.6 is 0 Å². The number of ether oxygens (including phenoxy) is 3. The molecule has 8 nitrogen and oxygen atoms in total. The van der Waals surface area contributed by atoms with E-state index in [4.69, 9.17) is 19.9 Å². The fourth-order valence-electron chi connectivity index (χ4n) is 3.89. The lowest BCUT2D eigenvalue weighted by atomic mass is 10.1. The van der Waals surface area contributed by atoms with Gasteiger partial charge in [-0.05, 0) is 71.6 Å². The van der Waals surface area contributed by atoms with Crippen molar-refractivity contribution in [3.63, 3.8) is 0 Å². The van der Waals surface area contributed by atoms with Gasteiger partial charge in [0.2, 0.25) is 11.8 Å². The summed E-state index contributed by atoms with van der Waals surface area (Å²) in [6, 6.07) is 15.0. The van der Waals surface area contributed by atoms with Crippen molar-refractivity contribution >= 4 is 17.5 Å². The average Bonchev–Trinajstić information content (AvgIpc) is 2.85. The van der Waals surface area contributed by atoms with Gasteiger partial charge >= 0.3 is 0 Å². The summed E-state index contributed by atoms with van der Waals surface area (Å²) in [5, 5.41) is 2.89. The molecule has 2 amide bonds. The normalized spacial score (nSPS) is 12.3. The van der Waals surface area contributed by atoms with Crippen molar-refractivity contribution in [2.24, 2.45) is 5.73 Å². The van der Waals surface area contributed by atoms with Crippen LogP contribution in [0, 0.1) is 0 Å². The van der Waals surface area contributed by atoms with E-state index in [9.17, 15) is 9.59 Å². The van der Waals surface area contributed by atoms with E-state index in [1.54, 1.807) is 17.9 Å². The second-order valence-corrected chi connectivity index (χ2v) is 10.2. The van der Waals surface area contributed by atoms with Gasteiger partial charge in [0.05, 0.1) is 12.6 Å². The molecule has 0 radical (unpaired) electrons. The van der Waals surface area contributed by atoms with Crippen LogP contribution in [0.4, 0.5) is 5.69 Å². The molecular weight excluding hydrogens is 482 g/mol. The molecule has 0 saturated carbocycles. The second-order valence-electron chi connectivity index (χ2n) is 10.2. The third kappa shape index (κ3) is 11.2. The van der Waals surface area contributed by atoms with E-state index in [2.05, 4.69) is 17.4 Å². The molecule has 3 N–H and O–H groups in total. The number of hydrogen-bond acceptors (Lipinski definition) is 6. The topological polar surface area (TPSA) is 103 Å². The van der Waals surface area contributed by atoms with E-state index in [1.165, 1.54) is 0 Å². The highest BCUT2D eigenvalue weighted by atomic mass is 16.7. The van der Waals surface area contributed by atoms with Gasteiger partial charge in [0.15, 0.2) is 6.29 Å². The first-order valence-electron chi connectivity index (χ1n) is 13.5. The number of hydrogen-bond donors (Lipinski definition) is 2. The Bertz CT molecular complexity index is 999. The quantitative estimate of drug-likeness (QED) is 0.329. The van der Waals surface area contributed by atoms with Crippen molar-refractivity contribution in [3.05, 3.63) is 59.7 Å². The predicted octanol–water partition coefficient (Wildman–Crippen LogP) is 4.55. The predicted molar refractivity (Wildman–Crippen MR) is 151 cm³/mol. The van der Waals surface area contributed by atoms with Crippen LogP contribution in [0.15, 0.2) is 48.5 Å². The molecule has 2 rings (SSSR count). The molecule has 0 bridgehead atoms. The van der Waals surface area contributed by atoms with Crippen LogP contribution < -0.4 is 15.8 Å². The number of anilines is 1. The monoisotopic (exact) mass is 527 g/mol. The van der Waals surface area contributed by atoms with Crippen molar-refractivity contribution in [2.45, 2.75) is 78.7 Å². The van der Waals surface area contributed by atoms with Crippen LogP contribution in [0.1, 0.15) is 59.1 Å². The molecule has 0 fully saturated rings. The summed E-state index contributed by atoms with van der Waals surface area (Å²) in [6.07, 6.45) is 0.949. The molecule has 0 aliphatic carbocycles. The first-order valence-corrected chi connectivity index (χ1v) is 13.5. The molecule has 1 atom stereocenters. The molecule has 0 spiro atoms. The second kappa shape index (κ2) is 15.5. The van der Waals surface area contributed by atoms with E-state index in [-0.39, 0.29) is 18.2 Å². The largest absolute Gasteiger partial charge is 0.488 e. The van der Waals surface area contributed by atoms with E-state index >= 15 is 0 Å². The van der Waals surface area contributed by atoms with Crippen molar-refractivity contribution in [1.29, 1.82) is 0 Å². The van der Waals surface area contributed by atoms with Crippen molar-refractivity contribution in [2.75, 3.05) is 31.6 Å². The summed E-state index contributed by atoms with van der Waals surface area (Å²) in [5.74, 6) is 0.323. The van der Waals surface area contributed by atoms with Crippen LogP contribution in [0.2, 0.25) is 0 Å². The molecule has 2 aromatic carbocycles. The highest BCUT2D eigenvalue weighted by Gasteiger charge is 2.21. The summed E-state index contributed by atoms with van der Waals surface area (Å²) in [5.41, 5.74) is 7.98. The van der Waals surface area contributed by atoms with E-state index in [0.717, 1.165) is 17.5 Å². The zero-order valence-electron chi connectivity index (χ0n) is 23.8. The SMILES string of the molecule is CCOC(CN(CCc1ccccc1)C(=O)CCc1ccc(OC(C)(C)C)cc1NC(=O)[C@H](C)N)OCC. The molecule has 210 valence electrons. The number of amides is 2. The number of nitrogens with zero attached hydrogens (tertiary/aromatic N) is 1. The van der Waals surface area contributed by atoms with Gasteiger partial charge in [0.1, 0.15) is 11.4 Å². The lowest BCUT2D eigenvalue weighted by Gasteiger charge is -2.28. The number of benzene rings is 2. The van der Waals surface area contributed by atoms with Crippen LogP contribution in [-0.2, 0) is 31.9 Å². The molecule has 0 aliphatic rings. The minimum Gasteiger partial charge on any atom is -0.488 e. The van der Waals surface area contributed by atoms with E-state index in [0.29, 0.717) is 44.2 Å². The minimum absolute atomic E-state index is 0.00942. The molecular formula is C30H45N3O5. The van der Waals surface area contributed by atoms with E-state index in [1.807, 2.05) is 65.0 Å². The highest BCUT2D eigenvalue weighted by molar-refractivity contribution is 5.95. The van der Waals surface area contributed by atoms with Gasteiger partial charge in [-0.25, -0.2) is 0 Å². The third-order valence-corrected chi connectivity index (χ3v) is 5.73. The molecule has 0 aromatic heterocycles. The van der Waals surface area contributed by atoms with Crippen LogP contribution in [0.3, 0.4) is 0 Å². The summed E-state index contributed by atoms with van der Waals surface area (Å²) >= 11 is 0. The number of nitrogens with two attached hydrogens (primary N) is 1. The number of carbonyl (C=O) groups is 2. The molecule has 0 saturated heterocycles. The van der Waals surface area contributed by atoms with Gasteiger partial charge < -0.3 is 30.2 Å². The van der Waals surface area contributed by atoms with Crippen molar-refractivity contribution in [1.82, 2.24) is 4.90 Å². The number of carbonyl (C=O) groups excluding carboxylic acids is 2. The first-order chi connectivity index (χ1) is 18.0. The first kappa shape index (κ1) is 31.3. The average molecular weight is 528 g/mol. The molecule has 2 aromatic rings. The van der Waals surface area contributed by atoms with Crippen LogP contribution in [0.5, 0.6) is 5.75 Å². The number of aryl methyl sites for hydroxylation is 1. The Hall–Kier alpha value is -2.94. The van der Waals surface area contributed by atoms with E-state index < -0.39 is 17.9 Å². The van der Waals surface area contributed by atoms with Crippen molar-refractivity contribution in [3.8, 4) is 5.75 Å². The highest BCUT2D eigenvalue weighted by Crippen LogP contribution is 2.27. The number of nitrogens with one attached hydrogen (secondary N) is 1. The lowest BCUT2D eigenvalue weighted by Crippen LogP contribution is -2.41. The maximum Gasteiger partial charge on any atom is 0.241 e. The third-order valence-electron chi connectivity index (χ3n) is 5.73. The standard InChI is InChI=1S/C30H45N3O5/c1-7-36-28(37-8-2)21-33(19-18-23-12-10-9-11-13-23)27(34)17-15-24-14-16-25(38-30(4,5)6)20-26(24)32-29(35)22(3)31/h9-14,16,20,22,28H,7-8,15,17-19,21,31H2,1-6H3,(H,32,35)/t22-/m0/s1. The van der Waals surface area contributed by atoms with Crippen LogP contribution in [-0.4, -0.2) is 61.0 Å². The Morgan fingerprint density at radius 2 is 1.66 bits per heavy atom. The molecule has 0 aliphatic heterocycles. The van der Waals surface area contributed by atoms with Gasteiger partial charge in [-0.1, -0.05) is 36.4 Å². The van der Waals surface area contributed by atoms with Crippen LogP contribution in [0.25, 0.3) is 0 Å². The zero-order valence-corrected chi connectivity index (χ0v) is 23.8. The minimum atomic E-state index is -0.667. The molecule has 38 heavy (non-hydrogen) atoms. The molecule has 8 heteroatoms. The van der Waals surface area contributed by atoms with Crippen molar-refractivity contribution < 1.29 is 23.8 Å². The summed E-state index contributed by atoms with van der Waals surface area (Å²) in [4.78, 5) is 27.7. The van der Waals surface area contributed by atoms with Gasteiger partial charge in [0, 0.05) is 37.9 Å². The Balaban J connectivity index is 2.20. The maximum absolute atomic E-state index is 13.5. The van der Waals surface area contributed by atoms with Gasteiger partial charge in [-0.2, -0.15) is 0 Å². The Labute approximate surface area is 227 Å². The van der Waals surface area contributed by atoms with Gasteiger partial charge in [-0.3, -0.25) is 9.59 Å². The molecule has 0 unspecified atom stereocenters. The lowest BCUT2D eigenvalue weighted by molar-refractivity contribution is -0.158.